The molecule has 0 saturated carbocycles. The average molecular weight is 423 g/mol. The van der Waals surface area contributed by atoms with Crippen LogP contribution in [0.3, 0.4) is 0 Å². The first-order chi connectivity index (χ1) is 12.9. The molecule has 2 heterocycles. The van der Waals surface area contributed by atoms with E-state index in [4.69, 9.17) is 21.3 Å². The van der Waals surface area contributed by atoms with Gasteiger partial charge in [-0.25, -0.2) is 8.42 Å². The van der Waals surface area contributed by atoms with Gasteiger partial charge in [0, 0.05) is 16.5 Å². The van der Waals surface area contributed by atoms with Gasteiger partial charge in [-0.05, 0) is 42.0 Å². The van der Waals surface area contributed by atoms with Gasteiger partial charge in [-0.15, -0.1) is 0 Å². The van der Waals surface area contributed by atoms with Gasteiger partial charge in [-0.3, -0.25) is 4.99 Å². The van der Waals surface area contributed by atoms with Gasteiger partial charge in [0.25, 0.3) is 0 Å². The number of anilines is 1. The van der Waals surface area contributed by atoms with Crippen LogP contribution in [0.15, 0.2) is 53.5 Å². The number of ether oxygens (including phenoxy) is 1. The first-order valence-corrected chi connectivity index (χ1v) is 11.7. The highest BCUT2D eigenvalue weighted by atomic mass is 35.5. The van der Waals surface area contributed by atoms with E-state index in [9.17, 15) is 8.42 Å². The molecule has 0 aliphatic carbocycles. The second-order valence-corrected chi connectivity index (χ2v) is 10.1. The van der Waals surface area contributed by atoms with Gasteiger partial charge in [0.15, 0.2) is 15.0 Å². The summed E-state index contributed by atoms with van der Waals surface area (Å²) in [7, 11) is -1.40. The Morgan fingerprint density at radius 3 is 2.52 bits per heavy atom. The minimum absolute atomic E-state index is 0.119. The highest BCUT2D eigenvalue weighted by molar-refractivity contribution is 8.13. The molecule has 0 radical (unpaired) electrons. The first kappa shape index (κ1) is 18.7. The number of nitrogens with zero attached hydrogens (tertiary/aromatic N) is 2. The van der Waals surface area contributed by atoms with Gasteiger partial charge in [0.1, 0.15) is 5.75 Å². The van der Waals surface area contributed by atoms with Crippen LogP contribution >= 0.6 is 23.4 Å². The molecule has 0 N–H and O–H groups in total. The first-order valence-electron chi connectivity index (χ1n) is 8.54. The number of amidine groups is 1. The van der Waals surface area contributed by atoms with Crippen LogP contribution in [0.25, 0.3) is 0 Å². The Morgan fingerprint density at radius 1 is 1.15 bits per heavy atom. The monoisotopic (exact) mass is 422 g/mol. The number of hydrogen-bond acceptors (Lipinski definition) is 6. The minimum Gasteiger partial charge on any atom is -0.497 e. The van der Waals surface area contributed by atoms with Crippen LogP contribution in [0.5, 0.6) is 5.75 Å². The lowest BCUT2D eigenvalue weighted by Gasteiger charge is -2.26. The molecular weight excluding hydrogens is 404 g/mol. The van der Waals surface area contributed by atoms with E-state index in [0.717, 1.165) is 27.9 Å². The number of rotatable bonds is 4. The molecule has 1 saturated heterocycles. The summed E-state index contributed by atoms with van der Waals surface area (Å²) >= 11 is 7.64. The summed E-state index contributed by atoms with van der Waals surface area (Å²) in [5.74, 6) is 1.83. The van der Waals surface area contributed by atoms with Crippen molar-refractivity contribution in [1.82, 2.24) is 0 Å². The van der Waals surface area contributed by atoms with Crippen LogP contribution in [-0.4, -0.2) is 44.3 Å². The minimum atomic E-state index is -3.05. The second kappa shape index (κ2) is 7.37. The van der Waals surface area contributed by atoms with Crippen LogP contribution in [0.1, 0.15) is 5.56 Å². The predicted octanol–water partition coefficient (Wildman–Crippen LogP) is 3.62. The second-order valence-electron chi connectivity index (χ2n) is 6.61. The van der Waals surface area contributed by atoms with Gasteiger partial charge < -0.3 is 9.64 Å². The summed E-state index contributed by atoms with van der Waals surface area (Å²) in [4.78, 5) is 6.80. The number of benzene rings is 2. The Balaban J connectivity index is 1.57. The quantitative estimate of drug-likeness (QED) is 0.753. The zero-order valence-corrected chi connectivity index (χ0v) is 17.1. The third-order valence-electron chi connectivity index (χ3n) is 4.74. The van der Waals surface area contributed by atoms with Gasteiger partial charge in [-0.2, -0.15) is 0 Å². The summed E-state index contributed by atoms with van der Waals surface area (Å²) in [6.07, 6.45) is 0. The zero-order chi connectivity index (χ0) is 19.0. The fraction of sp³-hybridized carbons (Fsp3) is 0.316. The maximum atomic E-state index is 12.1. The highest BCUT2D eigenvalue weighted by Crippen LogP contribution is 2.36. The summed E-state index contributed by atoms with van der Waals surface area (Å²) in [6.45, 7) is 0. The maximum absolute atomic E-state index is 12.1. The number of hydrogen-bond donors (Lipinski definition) is 0. The lowest BCUT2D eigenvalue weighted by atomic mass is 10.1. The third-order valence-corrected chi connectivity index (χ3v) is 7.73. The highest BCUT2D eigenvalue weighted by Gasteiger charge is 2.47. The number of aliphatic imine (C=N–C) groups is 1. The molecule has 0 aromatic heterocycles. The maximum Gasteiger partial charge on any atom is 0.164 e. The number of fused-ring (bicyclic) bond motifs is 1. The van der Waals surface area contributed by atoms with Gasteiger partial charge >= 0.3 is 0 Å². The summed E-state index contributed by atoms with van der Waals surface area (Å²) < 4.78 is 29.4. The molecule has 8 heteroatoms. The Labute approximate surface area is 168 Å². The van der Waals surface area contributed by atoms with E-state index in [1.54, 1.807) is 18.9 Å². The van der Waals surface area contributed by atoms with E-state index in [0.29, 0.717) is 5.02 Å². The lowest BCUT2D eigenvalue weighted by molar-refractivity contribution is 0.414. The normalized spacial score (nSPS) is 23.2. The number of sulfone groups is 1. The summed E-state index contributed by atoms with van der Waals surface area (Å²) in [6, 6.07) is 15.0. The van der Waals surface area contributed by atoms with E-state index in [1.165, 1.54) is 0 Å². The van der Waals surface area contributed by atoms with Crippen molar-refractivity contribution in [3.63, 3.8) is 0 Å². The predicted molar refractivity (Wildman–Crippen MR) is 112 cm³/mol. The largest absolute Gasteiger partial charge is 0.497 e. The zero-order valence-electron chi connectivity index (χ0n) is 14.7. The van der Waals surface area contributed by atoms with E-state index in [-0.39, 0.29) is 23.6 Å². The van der Waals surface area contributed by atoms with Crippen LogP contribution in [0.4, 0.5) is 5.69 Å². The molecule has 0 bridgehead atoms. The number of halogens is 1. The molecule has 2 aliphatic rings. The van der Waals surface area contributed by atoms with Crippen molar-refractivity contribution in [2.75, 3.05) is 23.5 Å². The van der Waals surface area contributed by atoms with Crippen LogP contribution < -0.4 is 9.64 Å². The number of thioether (sulfide) groups is 1. The Kier molecular flexibility index (Phi) is 5.09. The average Bonchev–Trinajstić information content (AvgIpc) is 3.12. The van der Waals surface area contributed by atoms with Gasteiger partial charge in [-0.1, -0.05) is 35.5 Å². The lowest BCUT2D eigenvalue weighted by Crippen LogP contribution is -2.39. The summed E-state index contributed by atoms with van der Waals surface area (Å²) in [5, 5.41) is 1.51. The molecule has 2 aliphatic heterocycles. The van der Waals surface area contributed by atoms with Gasteiger partial charge in [0.05, 0.1) is 30.7 Å². The molecule has 1 fully saturated rings. The SMILES string of the molecule is COc1ccc(CSC2=N[C@H]3CS(=O)(=O)C[C@H]3N2c2ccc(Cl)cc2)cc1. The third kappa shape index (κ3) is 3.95. The van der Waals surface area contributed by atoms with E-state index < -0.39 is 9.84 Å². The molecular formula is C19H19ClN2O3S2. The van der Waals surface area contributed by atoms with Crippen molar-refractivity contribution in [3.8, 4) is 5.75 Å². The Morgan fingerprint density at radius 2 is 1.85 bits per heavy atom. The summed E-state index contributed by atoms with van der Waals surface area (Å²) in [5.41, 5.74) is 2.08. The molecule has 0 spiro atoms. The van der Waals surface area contributed by atoms with E-state index >= 15 is 0 Å². The molecule has 2 aromatic carbocycles. The fourth-order valence-corrected chi connectivity index (χ4v) is 6.46. The smallest absolute Gasteiger partial charge is 0.164 e. The molecule has 142 valence electrons. The van der Waals surface area contributed by atoms with Crippen LogP contribution in [0.2, 0.25) is 5.02 Å². The van der Waals surface area contributed by atoms with Crippen molar-refractivity contribution >= 4 is 44.1 Å². The molecule has 2 atom stereocenters. The molecule has 0 amide bonds. The van der Waals surface area contributed by atoms with Crippen molar-refractivity contribution in [1.29, 1.82) is 0 Å². The molecule has 2 aromatic rings. The van der Waals surface area contributed by atoms with Crippen molar-refractivity contribution in [3.05, 3.63) is 59.1 Å². The van der Waals surface area contributed by atoms with Crippen molar-refractivity contribution in [2.45, 2.75) is 17.8 Å². The standard InChI is InChI=1S/C19H19ClN2O3S2/c1-25-16-8-2-13(3-9-16)10-26-19-21-17-11-27(23,24)12-18(17)22(19)15-6-4-14(20)5-7-15/h2-9,17-18H,10-12H2,1H3/t17-,18+/m0/s1. The van der Waals surface area contributed by atoms with Crippen LogP contribution in [-0.2, 0) is 15.6 Å². The van der Waals surface area contributed by atoms with E-state index in [2.05, 4.69) is 4.90 Å². The Hall–Kier alpha value is -1.70. The Bertz CT molecular complexity index is 959. The number of methoxy groups -OCH3 is 1. The molecule has 0 unspecified atom stereocenters. The molecule has 4 rings (SSSR count). The molecule has 27 heavy (non-hydrogen) atoms. The van der Waals surface area contributed by atoms with Crippen molar-refractivity contribution in [2.24, 2.45) is 4.99 Å². The topological polar surface area (TPSA) is 59.0 Å². The van der Waals surface area contributed by atoms with E-state index in [1.807, 2.05) is 48.5 Å². The molecule has 5 nitrogen and oxygen atoms in total. The van der Waals surface area contributed by atoms with Gasteiger partial charge in [0.2, 0.25) is 0 Å². The van der Waals surface area contributed by atoms with Crippen LogP contribution in [0, 0.1) is 0 Å². The van der Waals surface area contributed by atoms with Crippen molar-refractivity contribution < 1.29 is 13.2 Å². The fourth-order valence-electron chi connectivity index (χ4n) is 3.41.